The molecule has 6 heteroatoms. The van der Waals surface area contributed by atoms with Gasteiger partial charge in [0.05, 0.1) is 11.9 Å². The van der Waals surface area contributed by atoms with Crippen LogP contribution in [0.3, 0.4) is 0 Å². The predicted molar refractivity (Wildman–Crippen MR) is 90.8 cm³/mol. The number of H-pyrrole nitrogens is 1. The molecule has 0 radical (unpaired) electrons. The zero-order valence-corrected chi connectivity index (χ0v) is 14.2. The van der Waals surface area contributed by atoms with Gasteiger partial charge in [0.2, 0.25) is 0 Å². The van der Waals surface area contributed by atoms with E-state index in [1.54, 1.807) is 23.5 Å². The molecule has 2 N–H and O–H groups in total. The SMILES string of the molecule is Cc1nc(-c2ccc(F)cc2)sc1C(C)NCc1cn[nH]c1C. The van der Waals surface area contributed by atoms with Gasteiger partial charge in [0.15, 0.2) is 0 Å². The molecule has 0 saturated heterocycles. The summed E-state index contributed by atoms with van der Waals surface area (Å²) in [7, 11) is 0. The van der Waals surface area contributed by atoms with Crippen LogP contribution >= 0.6 is 11.3 Å². The van der Waals surface area contributed by atoms with Gasteiger partial charge in [-0.05, 0) is 45.0 Å². The molecule has 0 spiro atoms. The fourth-order valence-electron chi connectivity index (χ4n) is 2.44. The molecule has 0 saturated carbocycles. The minimum atomic E-state index is -0.229. The zero-order chi connectivity index (χ0) is 16.4. The van der Waals surface area contributed by atoms with Crippen molar-refractivity contribution in [3.63, 3.8) is 0 Å². The van der Waals surface area contributed by atoms with Gasteiger partial charge in [0.1, 0.15) is 10.8 Å². The molecule has 1 aromatic carbocycles. The van der Waals surface area contributed by atoms with Gasteiger partial charge < -0.3 is 5.32 Å². The molecule has 1 atom stereocenters. The van der Waals surface area contributed by atoms with Crippen LogP contribution in [-0.4, -0.2) is 15.2 Å². The van der Waals surface area contributed by atoms with Gasteiger partial charge in [0.25, 0.3) is 0 Å². The van der Waals surface area contributed by atoms with Gasteiger partial charge in [-0.1, -0.05) is 0 Å². The van der Waals surface area contributed by atoms with E-state index in [0.29, 0.717) is 0 Å². The Morgan fingerprint density at radius 3 is 2.65 bits per heavy atom. The molecule has 2 aromatic heterocycles. The third kappa shape index (κ3) is 3.48. The number of hydrogen-bond donors (Lipinski definition) is 2. The van der Waals surface area contributed by atoms with Gasteiger partial charge in [-0.3, -0.25) is 5.10 Å². The molecule has 0 bridgehead atoms. The summed E-state index contributed by atoms with van der Waals surface area (Å²) in [4.78, 5) is 5.83. The Morgan fingerprint density at radius 1 is 1.26 bits per heavy atom. The van der Waals surface area contributed by atoms with E-state index in [2.05, 4.69) is 27.4 Å². The lowest BCUT2D eigenvalue weighted by Crippen LogP contribution is -2.18. The summed E-state index contributed by atoms with van der Waals surface area (Å²) < 4.78 is 13.0. The van der Waals surface area contributed by atoms with Gasteiger partial charge in [-0.15, -0.1) is 11.3 Å². The first-order valence-corrected chi connectivity index (χ1v) is 8.31. The van der Waals surface area contributed by atoms with E-state index < -0.39 is 0 Å². The van der Waals surface area contributed by atoms with Crippen molar-refractivity contribution >= 4 is 11.3 Å². The van der Waals surface area contributed by atoms with E-state index in [1.807, 2.05) is 20.0 Å². The number of halogens is 1. The molecule has 0 amide bonds. The van der Waals surface area contributed by atoms with Crippen LogP contribution in [0.1, 0.15) is 34.8 Å². The normalized spacial score (nSPS) is 12.5. The molecule has 3 aromatic rings. The number of hydrogen-bond acceptors (Lipinski definition) is 4. The van der Waals surface area contributed by atoms with Crippen LogP contribution in [0.25, 0.3) is 10.6 Å². The van der Waals surface area contributed by atoms with Gasteiger partial charge in [-0.2, -0.15) is 5.10 Å². The topological polar surface area (TPSA) is 53.6 Å². The third-order valence-electron chi connectivity index (χ3n) is 3.85. The number of aromatic nitrogens is 3. The molecule has 1 unspecified atom stereocenters. The van der Waals surface area contributed by atoms with Crippen molar-refractivity contribution < 1.29 is 4.39 Å². The largest absolute Gasteiger partial charge is 0.305 e. The molecule has 0 aliphatic heterocycles. The summed E-state index contributed by atoms with van der Waals surface area (Å²) in [5.41, 5.74) is 4.21. The van der Waals surface area contributed by atoms with Crippen molar-refractivity contribution in [3.05, 3.63) is 58.1 Å². The summed E-state index contributed by atoms with van der Waals surface area (Å²) in [6.07, 6.45) is 1.85. The molecule has 2 heterocycles. The van der Waals surface area contributed by atoms with Gasteiger partial charge in [-0.25, -0.2) is 9.37 Å². The number of thiazole rings is 1. The summed E-state index contributed by atoms with van der Waals surface area (Å²) >= 11 is 1.65. The minimum absolute atomic E-state index is 0.191. The molecule has 0 aliphatic rings. The van der Waals surface area contributed by atoms with Crippen LogP contribution in [0.15, 0.2) is 30.5 Å². The van der Waals surface area contributed by atoms with Crippen LogP contribution in [0.4, 0.5) is 4.39 Å². The van der Waals surface area contributed by atoms with Crippen molar-refractivity contribution in [2.75, 3.05) is 0 Å². The van der Waals surface area contributed by atoms with Crippen LogP contribution in [0.5, 0.6) is 0 Å². The number of rotatable bonds is 5. The molecule has 0 fully saturated rings. The Hall–Kier alpha value is -2.05. The summed E-state index contributed by atoms with van der Waals surface area (Å²) in [6, 6.07) is 6.66. The molecule has 120 valence electrons. The maximum Gasteiger partial charge on any atom is 0.123 e. The minimum Gasteiger partial charge on any atom is -0.305 e. The second-order valence-corrected chi connectivity index (χ2v) is 6.63. The van der Waals surface area contributed by atoms with E-state index in [1.165, 1.54) is 17.0 Å². The molecule has 0 aliphatic carbocycles. The lowest BCUT2D eigenvalue weighted by molar-refractivity contribution is 0.578. The fourth-order valence-corrected chi connectivity index (χ4v) is 3.53. The first-order valence-electron chi connectivity index (χ1n) is 7.50. The van der Waals surface area contributed by atoms with Gasteiger partial charge in [0, 0.05) is 34.3 Å². The van der Waals surface area contributed by atoms with E-state index >= 15 is 0 Å². The van der Waals surface area contributed by atoms with Crippen LogP contribution in [0.2, 0.25) is 0 Å². The van der Waals surface area contributed by atoms with Crippen molar-refractivity contribution in [1.82, 2.24) is 20.5 Å². The quantitative estimate of drug-likeness (QED) is 0.739. The van der Waals surface area contributed by atoms with Crippen molar-refractivity contribution in [1.29, 1.82) is 0 Å². The Balaban J connectivity index is 1.75. The van der Waals surface area contributed by atoms with E-state index in [4.69, 9.17) is 0 Å². The Bertz CT molecular complexity index is 791. The average Bonchev–Trinajstić information content (AvgIpc) is 3.11. The predicted octanol–water partition coefficient (Wildman–Crippen LogP) is 4.14. The first-order chi connectivity index (χ1) is 11.0. The zero-order valence-electron chi connectivity index (χ0n) is 13.4. The van der Waals surface area contributed by atoms with Crippen molar-refractivity contribution in [3.8, 4) is 10.6 Å². The third-order valence-corrected chi connectivity index (χ3v) is 5.24. The standard InChI is InChI=1S/C17H19FN4S/c1-10-14(9-20-22-10)8-19-11(2)16-12(3)21-17(23-16)13-4-6-15(18)7-5-13/h4-7,9,11,19H,8H2,1-3H3,(H,20,22). The number of nitrogens with zero attached hydrogens (tertiary/aromatic N) is 2. The number of nitrogens with one attached hydrogen (secondary N) is 2. The second-order valence-electron chi connectivity index (χ2n) is 5.60. The summed E-state index contributed by atoms with van der Waals surface area (Å²) in [5.74, 6) is -0.229. The maximum absolute atomic E-state index is 13.0. The monoisotopic (exact) mass is 330 g/mol. The van der Waals surface area contributed by atoms with Crippen LogP contribution in [-0.2, 0) is 6.54 Å². The van der Waals surface area contributed by atoms with Crippen molar-refractivity contribution in [2.45, 2.75) is 33.4 Å². The van der Waals surface area contributed by atoms with E-state index in [-0.39, 0.29) is 11.9 Å². The first kappa shape index (κ1) is 15.8. The summed E-state index contributed by atoms with van der Waals surface area (Å²) in [5, 5.41) is 11.4. The maximum atomic E-state index is 13.0. The summed E-state index contributed by atoms with van der Waals surface area (Å²) in [6.45, 7) is 6.91. The highest BCUT2D eigenvalue weighted by atomic mass is 32.1. The van der Waals surface area contributed by atoms with Crippen LogP contribution < -0.4 is 5.32 Å². The highest BCUT2D eigenvalue weighted by Gasteiger charge is 2.15. The Morgan fingerprint density at radius 2 is 2.00 bits per heavy atom. The second kappa shape index (κ2) is 6.60. The Kier molecular flexibility index (Phi) is 4.54. The van der Waals surface area contributed by atoms with E-state index in [9.17, 15) is 4.39 Å². The molecule has 3 rings (SSSR count). The lowest BCUT2D eigenvalue weighted by atomic mass is 10.2. The molecular weight excluding hydrogens is 311 g/mol. The molecule has 4 nitrogen and oxygen atoms in total. The average molecular weight is 330 g/mol. The van der Waals surface area contributed by atoms with Gasteiger partial charge >= 0.3 is 0 Å². The number of aryl methyl sites for hydroxylation is 2. The smallest absolute Gasteiger partial charge is 0.123 e. The lowest BCUT2D eigenvalue weighted by Gasteiger charge is -2.12. The Labute approximate surface area is 138 Å². The number of benzene rings is 1. The van der Waals surface area contributed by atoms with Crippen molar-refractivity contribution in [2.24, 2.45) is 0 Å². The highest BCUT2D eigenvalue weighted by Crippen LogP contribution is 2.32. The molecule has 23 heavy (non-hydrogen) atoms. The van der Waals surface area contributed by atoms with Crippen LogP contribution in [0, 0.1) is 19.7 Å². The van der Waals surface area contributed by atoms with E-state index in [0.717, 1.165) is 34.1 Å². The fraction of sp³-hybridized carbons (Fsp3) is 0.294. The molecular formula is C17H19FN4S. The highest BCUT2D eigenvalue weighted by molar-refractivity contribution is 7.15. The number of aromatic amines is 1.